The summed E-state index contributed by atoms with van der Waals surface area (Å²) in [5.74, 6) is 2.11. The molecule has 1 N–H and O–H groups in total. The van der Waals surface area contributed by atoms with E-state index in [0.717, 1.165) is 25.3 Å². The van der Waals surface area contributed by atoms with Crippen LogP contribution >= 0.6 is 11.6 Å². The molecule has 0 aliphatic carbocycles. The molecule has 0 amide bonds. The molecular weight excluding hydrogens is 238 g/mol. The third kappa shape index (κ3) is 3.27. The lowest BCUT2D eigenvalue weighted by atomic mass is 10.1. The monoisotopic (exact) mass is 255 g/mol. The van der Waals surface area contributed by atoms with Crippen LogP contribution in [0.25, 0.3) is 0 Å². The number of halogens is 1. The van der Waals surface area contributed by atoms with Crippen LogP contribution in [-0.2, 0) is 6.42 Å². The van der Waals surface area contributed by atoms with Gasteiger partial charge in [0, 0.05) is 0 Å². The molecule has 1 aliphatic rings. The maximum Gasteiger partial charge on any atom is 0.231 e. The van der Waals surface area contributed by atoms with Crippen LogP contribution in [0.15, 0.2) is 12.1 Å². The number of benzene rings is 1. The fraction of sp³-hybridized carbons (Fsp3) is 0.538. The Kier molecular flexibility index (Phi) is 4.13. The van der Waals surface area contributed by atoms with E-state index in [1.807, 2.05) is 12.1 Å². The van der Waals surface area contributed by atoms with Gasteiger partial charge >= 0.3 is 0 Å². The normalized spacial score (nSPS) is 13.4. The van der Waals surface area contributed by atoms with E-state index in [0.29, 0.717) is 16.7 Å². The standard InChI is InChI=1S/C13H18ClNO2/c1-9(2)7-15-4-3-10-5-11(14)13-12(6-10)16-8-17-13/h5-6,9,15H,3-4,7-8H2,1-2H3. The van der Waals surface area contributed by atoms with Gasteiger partial charge in [-0.3, -0.25) is 0 Å². The molecule has 0 radical (unpaired) electrons. The Bertz CT molecular complexity index is 393. The van der Waals surface area contributed by atoms with Gasteiger partial charge < -0.3 is 14.8 Å². The summed E-state index contributed by atoms with van der Waals surface area (Å²) in [6.07, 6.45) is 0.948. The highest BCUT2D eigenvalue weighted by molar-refractivity contribution is 6.32. The lowest BCUT2D eigenvalue weighted by molar-refractivity contribution is 0.174. The number of fused-ring (bicyclic) bond motifs is 1. The molecule has 0 fully saturated rings. The van der Waals surface area contributed by atoms with Crippen LogP contribution in [0.2, 0.25) is 5.02 Å². The maximum absolute atomic E-state index is 6.11. The topological polar surface area (TPSA) is 30.5 Å². The first-order valence-corrected chi connectivity index (χ1v) is 6.33. The van der Waals surface area contributed by atoms with Gasteiger partial charge in [-0.05, 0) is 43.1 Å². The number of hydrogen-bond donors (Lipinski definition) is 1. The zero-order valence-corrected chi connectivity index (χ0v) is 11.0. The Morgan fingerprint density at radius 2 is 2.18 bits per heavy atom. The van der Waals surface area contributed by atoms with Crippen LogP contribution in [-0.4, -0.2) is 19.9 Å². The molecule has 1 heterocycles. The van der Waals surface area contributed by atoms with E-state index >= 15 is 0 Å². The van der Waals surface area contributed by atoms with Crippen molar-refractivity contribution in [1.29, 1.82) is 0 Å². The number of ether oxygens (including phenoxy) is 2. The van der Waals surface area contributed by atoms with Gasteiger partial charge in [0.05, 0.1) is 5.02 Å². The first-order chi connectivity index (χ1) is 8.16. The number of rotatable bonds is 5. The minimum Gasteiger partial charge on any atom is -0.454 e. The van der Waals surface area contributed by atoms with Crippen molar-refractivity contribution in [2.24, 2.45) is 5.92 Å². The van der Waals surface area contributed by atoms with Crippen molar-refractivity contribution in [1.82, 2.24) is 5.32 Å². The molecule has 0 bridgehead atoms. The summed E-state index contributed by atoms with van der Waals surface area (Å²) < 4.78 is 10.6. The zero-order chi connectivity index (χ0) is 12.3. The number of hydrogen-bond acceptors (Lipinski definition) is 3. The highest BCUT2D eigenvalue weighted by Crippen LogP contribution is 2.39. The Hall–Kier alpha value is -0.930. The molecule has 0 atom stereocenters. The largest absolute Gasteiger partial charge is 0.454 e. The molecule has 17 heavy (non-hydrogen) atoms. The van der Waals surface area contributed by atoms with Gasteiger partial charge in [-0.2, -0.15) is 0 Å². The molecule has 0 saturated heterocycles. The van der Waals surface area contributed by atoms with Crippen LogP contribution < -0.4 is 14.8 Å². The average molecular weight is 256 g/mol. The molecule has 0 aromatic heterocycles. The summed E-state index contributed by atoms with van der Waals surface area (Å²) in [4.78, 5) is 0. The zero-order valence-electron chi connectivity index (χ0n) is 10.3. The SMILES string of the molecule is CC(C)CNCCc1cc(Cl)c2c(c1)OCO2. The predicted octanol–water partition coefficient (Wildman–Crippen LogP) is 2.86. The average Bonchev–Trinajstić information content (AvgIpc) is 2.72. The van der Waals surface area contributed by atoms with E-state index < -0.39 is 0 Å². The van der Waals surface area contributed by atoms with E-state index in [1.54, 1.807) is 0 Å². The summed E-state index contributed by atoms with van der Waals surface area (Å²) >= 11 is 6.11. The second kappa shape index (κ2) is 5.61. The Morgan fingerprint density at radius 1 is 1.35 bits per heavy atom. The lowest BCUT2D eigenvalue weighted by Crippen LogP contribution is -2.22. The van der Waals surface area contributed by atoms with Crippen LogP contribution in [0.1, 0.15) is 19.4 Å². The van der Waals surface area contributed by atoms with Crippen molar-refractivity contribution in [3.05, 3.63) is 22.7 Å². The second-order valence-corrected chi connectivity index (χ2v) is 5.07. The molecule has 3 nitrogen and oxygen atoms in total. The van der Waals surface area contributed by atoms with Gasteiger partial charge in [-0.1, -0.05) is 25.4 Å². The highest BCUT2D eigenvalue weighted by atomic mass is 35.5. The van der Waals surface area contributed by atoms with Crippen LogP contribution in [0, 0.1) is 5.92 Å². The summed E-state index contributed by atoms with van der Waals surface area (Å²) in [6, 6.07) is 3.96. The summed E-state index contributed by atoms with van der Waals surface area (Å²) in [6.45, 7) is 6.66. The van der Waals surface area contributed by atoms with Gasteiger partial charge in [-0.25, -0.2) is 0 Å². The van der Waals surface area contributed by atoms with Crippen LogP contribution in [0.4, 0.5) is 0 Å². The van der Waals surface area contributed by atoms with E-state index in [-0.39, 0.29) is 6.79 Å². The molecular formula is C13H18ClNO2. The summed E-state index contributed by atoms with van der Waals surface area (Å²) in [5.41, 5.74) is 1.18. The second-order valence-electron chi connectivity index (χ2n) is 4.66. The van der Waals surface area contributed by atoms with Crippen LogP contribution in [0.3, 0.4) is 0 Å². The quantitative estimate of drug-likeness (QED) is 0.821. The van der Waals surface area contributed by atoms with E-state index in [4.69, 9.17) is 21.1 Å². The van der Waals surface area contributed by atoms with E-state index in [1.165, 1.54) is 5.56 Å². The molecule has 1 aromatic carbocycles. The maximum atomic E-state index is 6.11. The third-order valence-corrected chi connectivity index (χ3v) is 2.91. The van der Waals surface area contributed by atoms with Crippen molar-refractivity contribution in [3.63, 3.8) is 0 Å². The third-order valence-electron chi connectivity index (χ3n) is 2.63. The van der Waals surface area contributed by atoms with Gasteiger partial charge in [0.1, 0.15) is 0 Å². The molecule has 1 aliphatic heterocycles. The lowest BCUT2D eigenvalue weighted by Gasteiger charge is -2.08. The van der Waals surface area contributed by atoms with Crippen LogP contribution in [0.5, 0.6) is 11.5 Å². The summed E-state index contributed by atoms with van der Waals surface area (Å²) in [5, 5.41) is 4.04. The van der Waals surface area contributed by atoms with Crippen molar-refractivity contribution in [2.45, 2.75) is 20.3 Å². The Balaban J connectivity index is 1.91. The highest BCUT2D eigenvalue weighted by Gasteiger charge is 2.17. The Morgan fingerprint density at radius 3 is 2.94 bits per heavy atom. The van der Waals surface area contributed by atoms with Crippen molar-refractivity contribution in [2.75, 3.05) is 19.9 Å². The first kappa shape index (κ1) is 12.5. The molecule has 4 heteroatoms. The van der Waals surface area contributed by atoms with Crippen molar-refractivity contribution in [3.8, 4) is 11.5 Å². The molecule has 2 rings (SSSR count). The van der Waals surface area contributed by atoms with E-state index in [9.17, 15) is 0 Å². The first-order valence-electron chi connectivity index (χ1n) is 5.95. The smallest absolute Gasteiger partial charge is 0.231 e. The fourth-order valence-electron chi connectivity index (χ4n) is 1.79. The molecule has 0 unspecified atom stereocenters. The van der Waals surface area contributed by atoms with Gasteiger partial charge in [0.15, 0.2) is 11.5 Å². The van der Waals surface area contributed by atoms with Crippen molar-refractivity contribution < 1.29 is 9.47 Å². The van der Waals surface area contributed by atoms with Gasteiger partial charge in [0.25, 0.3) is 0 Å². The molecule has 94 valence electrons. The molecule has 1 aromatic rings. The Labute approximate surface area is 107 Å². The van der Waals surface area contributed by atoms with Crippen molar-refractivity contribution >= 4 is 11.6 Å². The minimum absolute atomic E-state index is 0.268. The minimum atomic E-state index is 0.268. The van der Waals surface area contributed by atoms with Gasteiger partial charge in [0.2, 0.25) is 6.79 Å². The number of nitrogens with one attached hydrogen (secondary N) is 1. The predicted molar refractivity (Wildman–Crippen MR) is 69.0 cm³/mol. The van der Waals surface area contributed by atoms with E-state index in [2.05, 4.69) is 19.2 Å². The molecule has 0 saturated carbocycles. The van der Waals surface area contributed by atoms with Gasteiger partial charge in [-0.15, -0.1) is 0 Å². The molecule has 0 spiro atoms. The summed E-state index contributed by atoms with van der Waals surface area (Å²) in [7, 11) is 0. The fourth-order valence-corrected chi connectivity index (χ4v) is 2.08.